The standard InChI is InChI=1S/C12H20ClN3O/c1-4-7-17-12-9-14-8-11(15-12)16(3)6-5-10(2)13/h8-10H,4-7H2,1-3H3. The lowest BCUT2D eigenvalue weighted by Gasteiger charge is -2.18. The van der Waals surface area contributed by atoms with Crippen LogP contribution in [0.2, 0.25) is 0 Å². The van der Waals surface area contributed by atoms with E-state index < -0.39 is 0 Å². The van der Waals surface area contributed by atoms with E-state index in [0.717, 1.165) is 25.2 Å². The molecule has 0 aromatic carbocycles. The molecule has 1 aromatic heterocycles. The molecule has 4 nitrogen and oxygen atoms in total. The van der Waals surface area contributed by atoms with Crippen LogP contribution >= 0.6 is 11.6 Å². The van der Waals surface area contributed by atoms with Crippen molar-refractivity contribution in [1.82, 2.24) is 9.97 Å². The number of halogens is 1. The Bertz CT molecular complexity index is 333. The van der Waals surface area contributed by atoms with Crippen LogP contribution in [0.4, 0.5) is 5.82 Å². The molecule has 0 saturated heterocycles. The number of nitrogens with zero attached hydrogens (tertiary/aromatic N) is 3. The van der Waals surface area contributed by atoms with E-state index in [1.165, 1.54) is 0 Å². The van der Waals surface area contributed by atoms with Gasteiger partial charge in [0.05, 0.1) is 19.0 Å². The second-order valence-corrected chi connectivity index (χ2v) is 4.80. The lowest BCUT2D eigenvalue weighted by molar-refractivity contribution is 0.304. The van der Waals surface area contributed by atoms with Gasteiger partial charge in [-0.3, -0.25) is 4.98 Å². The molecule has 0 N–H and O–H groups in total. The first-order valence-electron chi connectivity index (χ1n) is 5.93. The van der Waals surface area contributed by atoms with Crippen LogP contribution in [0.1, 0.15) is 26.7 Å². The van der Waals surface area contributed by atoms with Crippen molar-refractivity contribution in [3.8, 4) is 5.88 Å². The van der Waals surface area contributed by atoms with Crippen molar-refractivity contribution < 1.29 is 4.74 Å². The highest BCUT2D eigenvalue weighted by atomic mass is 35.5. The second kappa shape index (κ2) is 7.33. The van der Waals surface area contributed by atoms with Crippen LogP contribution < -0.4 is 9.64 Å². The number of rotatable bonds is 7. The van der Waals surface area contributed by atoms with Crippen LogP contribution in [0.15, 0.2) is 12.4 Å². The quantitative estimate of drug-likeness (QED) is 0.704. The molecule has 0 saturated carbocycles. The zero-order valence-electron chi connectivity index (χ0n) is 10.7. The molecule has 1 atom stereocenters. The molecule has 0 aliphatic heterocycles. The average Bonchev–Trinajstić information content (AvgIpc) is 2.33. The van der Waals surface area contributed by atoms with Crippen molar-refractivity contribution in [3.05, 3.63) is 12.4 Å². The van der Waals surface area contributed by atoms with Gasteiger partial charge in [-0.1, -0.05) is 6.92 Å². The molecule has 0 aliphatic carbocycles. The summed E-state index contributed by atoms with van der Waals surface area (Å²) in [6.45, 7) is 5.57. The Balaban J connectivity index is 2.57. The van der Waals surface area contributed by atoms with Crippen LogP contribution in [0, 0.1) is 0 Å². The second-order valence-electron chi connectivity index (χ2n) is 4.05. The number of hydrogen-bond donors (Lipinski definition) is 0. The van der Waals surface area contributed by atoms with Crippen LogP contribution in [-0.4, -0.2) is 35.5 Å². The minimum Gasteiger partial charge on any atom is -0.477 e. The summed E-state index contributed by atoms with van der Waals surface area (Å²) in [4.78, 5) is 10.5. The summed E-state index contributed by atoms with van der Waals surface area (Å²) >= 11 is 5.92. The van der Waals surface area contributed by atoms with Crippen molar-refractivity contribution in [2.45, 2.75) is 32.1 Å². The summed E-state index contributed by atoms with van der Waals surface area (Å²) < 4.78 is 5.45. The molecule has 0 radical (unpaired) electrons. The van der Waals surface area contributed by atoms with E-state index in [-0.39, 0.29) is 5.38 Å². The molecule has 0 amide bonds. The van der Waals surface area contributed by atoms with E-state index in [1.54, 1.807) is 12.4 Å². The highest BCUT2D eigenvalue weighted by molar-refractivity contribution is 6.20. The fourth-order valence-corrected chi connectivity index (χ4v) is 1.38. The monoisotopic (exact) mass is 257 g/mol. The summed E-state index contributed by atoms with van der Waals surface area (Å²) in [5.74, 6) is 1.39. The molecule has 1 rings (SSSR count). The van der Waals surface area contributed by atoms with Gasteiger partial charge in [-0.25, -0.2) is 0 Å². The first-order valence-corrected chi connectivity index (χ1v) is 6.37. The largest absolute Gasteiger partial charge is 0.477 e. The summed E-state index contributed by atoms with van der Waals surface area (Å²) in [5.41, 5.74) is 0. The summed E-state index contributed by atoms with van der Waals surface area (Å²) in [5, 5.41) is 0.171. The van der Waals surface area contributed by atoms with Gasteiger partial charge in [0, 0.05) is 19.0 Å². The smallest absolute Gasteiger partial charge is 0.234 e. The van der Waals surface area contributed by atoms with E-state index in [0.29, 0.717) is 12.5 Å². The third-order valence-corrected chi connectivity index (χ3v) is 2.53. The Morgan fingerprint density at radius 3 is 2.88 bits per heavy atom. The SMILES string of the molecule is CCCOc1cncc(N(C)CCC(C)Cl)n1. The predicted molar refractivity (Wildman–Crippen MR) is 71.0 cm³/mol. The molecule has 5 heteroatoms. The van der Waals surface area contributed by atoms with Gasteiger partial charge in [-0.15, -0.1) is 11.6 Å². The topological polar surface area (TPSA) is 38.2 Å². The Labute approximate surface area is 108 Å². The summed E-state index contributed by atoms with van der Waals surface area (Å²) in [7, 11) is 1.98. The fourth-order valence-electron chi connectivity index (χ4n) is 1.28. The Kier molecular flexibility index (Phi) is 6.05. The number of aromatic nitrogens is 2. The van der Waals surface area contributed by atoms with Crippen LogP contribution in [0.3, 0.4) is 0 Å². The normalized spacial score (nSPS) is 12.2. The summed E-state index contributed by atoms with van der Waals surface area (Å²) in [6, 6.07) is 0. The van der Waals surface area contributed by atoms with Gasteiger partial charge in [-0.05, 0) is 19.8 Å². The maximum absolute atomic E-state index is 5.92. The Hall–Kier alpha value is -1.03. The molecule has 1 heterocycles. The van der Waals surface area contributed by atoms with Crippen molar-refractivity contribution >= 4 is 17.4 Å². The van der Waals surface area contributed by atoms with Gasteiger partial charge in [0.1, 0.15) is 0 Å². The van der Waals surface area contributed by atoms with Crippen molar-refractivity contribution in [2.24, 2.45) is 0 Å². The molecule has 0 spiro atoms. The zero-order chi connectivity index (χ0) is 12.7. The number of alkyl halides is 1. The van der Waals surface area contributed by atoms with Crippen molar-refractivity contribution in [3.63, 3.8) is 0 Å². The van der Waals surface area contributed by atoms with E-state index in [2.05, 4.69) is 16.9 Å². The van der Waals surface area contributed by atoms with Gasteiger partial charge in [0.2, 0.25) is 5.88 Å². The van der Waals surface area contributed by atoms with Gasteiger partial charge in [0.15, 0.2) is 5.82 Å². The molecular formula is C12H20ClN3O. The molecule has 17 heavy (non-hydrogen) atoms. The van der Waals surface area contributed by atoms with E-state index in [4.69, 9.17) is 16.3 Å². The highest BCUT2D eigenvalue weighted by Gasteiger charge is 2.06. The van der Waals surface area contributed by atoms with Crippen molar-refractivity contribution in [1.29, 1.82) is 0 Å². The van der Waals surface area contributed by atoms with Crippen molar-refractivity contribution in [2.75, 3.05) is 25.1 Å². The molecule has 1 unspecified atom stereocenters. The third kappa shape index (κ3) is 5.22. The van der Waals surface area contributed by atoms with E-state index in [9.17, 15) is 0 Å². The fraction of sp³-hybridized carbons (Fsp3) is 0.667. The van der Waals surface area contributed by atoms with Crippen LogP contribution in [-0.2, 0) is 0 Å². The molecule has 0 fully saturated rings. The molecular weight excluding hydrogens is 238 g/mol. The lowest BCUT2D eigenvalue weighted by Crippen LogP contribution is -2.21. The molecule has 0 bridgehead atoms. The van der Waals surface area contributed by atoms with Crippen LogP contribution in [0.25, 0.3) is 0 Å². The maximum Gasteiger partial charge on any atom is 0.234 e. The lowest BCUT2D eigenvalue weighted by atomic mass is 10.3. The Morgan fingerprint density at radius 2 is 2.24 bits per heavy atom. The average molecular weight is 258 g/mol. The van der Waals surface area contributed by atoms with E-state index >= 15 is 0 Å². The van der Waals surface area contributed by atoms with E-state index in [1.807, 2.05) is 18.9 Å². The minimum atomic E-state index is 0.171. The first-order chi connectivity index (χ1) is 8.13. The van der Waals surface area contributed by atoms with Gasteiger partial charge in [-0.2, -0.15) is 4.98 Å². The number of hydrogen-bond acceptors (Lipinski definition) is 4. The Morgan fingerprint density at radius 1 is 1.47 bits per heavy atom. The number of anilines is 1. The first kappa shape index (κ1) is 14.0. The van der Waals surface area contributed by atoms with Crippen LogP contribution in [0.5, 0.6) is 5.88 Å². The number of ether oxygens (including phenoxy) is 1. The molecule has 0 aliphatic rings. The zero-order valence-corrected chi connectivity index (χ0v) is 11.4. The molecule has 96 valence electrons. The van der Waals surface area contributed by atoms with Gasteiger partial charge in [0.25, 0.3) is 0 Å². The van der Waals surface area contributed by atoms with Gasteiger partial charge >= 0.3 is 0 Å². The summed E-state index contributed by atoms with van der Waals surface area (Å²) in [6.07, 6.45) is 5.25. The highest BCUT2D eigenvalue weighted by Crippen LogP contribution is 2.14. The third-order valence-electron chi connectivity index (χ3n) is 2.31. The minimum absolute atomic E-state index is 0.171. The van der Waals surface area contributed by atoms with Gasteiger partial charge < -0.3 is 9.64 Å². The predicted octanol–water partition coefficient (Wildman–Crippen LogP) is 2.72. The molecule has 1 aromatic rings. The maximum atomic E-state index is 5.92.